The monoisotopic (exact) mass is 290 g/mol. The van der Waals surface area contributed by atoms with Crippen LogP contribution in [0.15, 0.2) is 0 Å². The summed E-state index contributed by atoms with van der Waals surface area (Å²) in [7, 11) is 9.63. The molecule has 5 heteroatoms. The normalized spacial score (nSPS) is 30.9. The summed E-state index contributed by atoms with van der Waals surface area (Å²) in [4.78, 5) is 0. The molecule has 0 aromatic rings. The van der Waals surface area contributed by atoms with E-state index in [1.54, 1.807) is 0 Å². The molecule has 2 atom stereocenters. The summed E-state index contributed by atoms with van der Waals surface area (Å²) in [5.74, 6) is 0. The molecule has 72 valence electrons. The van der Waals surface area contributed by atoms with Crippen LogP contribution in [-0.2, 0) is 15.9 Å². The quantitative estimate of drug-likeness (QED) is 0.666. The van der Waals surface area contributed by atoms with E-state index in [-0.39, 0.29) is 28.0 Å². The zero-order valence-electron chi connectivity index (χ0n) is 6.21. The molecule has 0 bridgehead atoms. The van der Waals surface area contributed by atoms with Gasteiger partial charge in [0.2, 0.25) is 0 Å². The molecule has 0 saturated heterocycles. The van der Waals surface area contributed by atoms with Crippen LogP contribution >= 0.6 is 19.1 Å². The van der Waals surface area contributed by atoms with Gasteiger partial charge in [-0.15, -0.1) is 0 Å². The van der Waals surface area contributed by atoms with Gasteiger partial charge in [0.25, 0.3) is 0 Å². The first kappa shape index (κ1) is 12.2. The molecule has 0 heterocycles. The second kappa shape index (κ2) is 7.79. The standard InChI is InChI=1S/C6H14N2.2ClH.Pd/c7-5-3-1-2-4-6(5)8;;;/h5-6H,1-4,7-8H2;2*1H;/q;;;+2/p-2. The Hall–Kier alpha value is 1.16. The van der Waals surface area contributed by atoms with Crippen molar-refractivity contribution in [3.63, 3.8) is 0 Å². The third-order valence-corrected chi connectivity index (χ3v) is 1.87. The zero-order valence-corrected chi connectivity index (χ0v) is 9.28. The summed E-state index contributed by atoms with van der Waals surface area (Å²) in [6.07, 6.45) is 4.80. The van der Waals surface area contributed by atoms with E-state index in [1.807, 2.05) is 0 Å². The molecule has 0 radical (unpaired) electrons. The number of halogens is 2. The van der Waals surface area contributed by atoms with Crippen LogP contribution < -0.4 is 11.5 Å². The molecule has 1 fully saturated rings. The maximum absolute atomic E-state index is 5.65. The molecule has 0 aliphatic heterocycles. The number of nitrogens with two attached hydrogens (primary N) is 2. The van der Waals surface area contributed by atoms with Crippen molar-refractivity contribution in [1.82, 2.24) is 0 Å². The SMILES string of the molecule is NC1CCCCC1N.[Cl][Pd][Cl]. The van der Waals surface area contributed by atoms with E-state index < -0.39 is 0 Å². The summed E-state index contributed by atoms with van der Waals surface area (Å²) < 4.78 is 0. The van der Waals surface area contributed by atoms with E-state index >= 15 is 0 Å². The fourth-order valence-corrected chi connectivity index (χ4v) is 1.19. The second-order valence-corrected chi connectivity index (χ2v) is 5.02. The summed E-state index contributed by atoms with van der Waals surface area (Å²) in [5.41, 5.74) is 11.3. The van der Waals surface area contributed by atoms with Gasteiger partial charge in [0, 0.05) is 12.1 Å². The van der Waals surface area contributed by atoms with Crippen molar-refractivity contribution >= 4 is 19.1 Å². The minimum absolute atomic E-state index is 0.106. The van der Waals surface area contributed by atoms with Crippen molar-refractivity contribution < 1.29 is 15.9 Å². The molecule has 0 aromatic carbocycles. The van der Waals surface area contributed by atoms with Crippen LogP contribution in [0.4, 0.5) is 0 Å². The Kier molecular flexibility index (Phi) is 8.62. The molecule has 0 amide bonds. The molecule has 0 aromatic heterocycles. The Morgan fingerprint density at radius 1 is 1.00 bits per heavy atom. The van der Waals surface area contributed by atoms with Gasteiger partial charge in [-0.25, -0.2) is 0 Å². The summed E-state index contributed by atoms with van der Waals surface area (Å²) in [5, 5.41) is 0. The summed E-state index contributed by atoms with van der Waals surface area (Å²) in [6.45, 7) is 0. The van der Waals surface area contributed by atoms with E-state index in [9.17, 15) is 0 Å². The van der Waals surface area contributed by atoms with Crippen LogP contribution in [0, 0.1) is 0 Å². The molecular weight excluding hydrogens is 277 g/mol. The van der Waals surface area contributed by atoms with Crippen molar-refractivity contribution in [3.8, 4) is 0 Å². The number of hydrogen-bond donors (Lipinski definition) is 2. The van der Waals surface area contributed by atoms with E-state index in [1.165, 1.54) is 12.8 Å². The maximum atomic E-state index is 5.65. The van der Waals surface area contributed by atoms with E-state index in [0.29, 0.717) is 0 Å². The Morgan fingerprint density at radius 3 is 1.45 bits per heavy atom. The molecule has 1 aliphatic carbocycles. The fraction of sp³-hybridized carbons (Fsp3) is 1.00. The Bertz CT molecular complexity index is 84.7. The van der Waals surface area contributed by atoms with Crippen LogP contribution in [-0.4, -0.2) is 12.1 Å². The molecule has 2 nitrogen and oxygen atoms in total. The molecular formula is C6H14Cl2N2Pd. The Balaban J connectivity index is 0.000000292. The average Bonchev–Trinajstić information content (AvgIpc) is 1.97. The van der Waals surface area contributed by atoms with Gasteiger partial charge >= 0.3 is 35.0 Å². The van der Waals surface area contributed by atoms with Gasteiger partial charge in [-0.2, -0.15) is 0 Å². The van der Waals surface area contributed by atoms with Gasteiger partial charge < -0.3 is 11.5 Å². The Labute approximate surface area is 84.1 Å². The predicted octanol–water partition coefficient (Wildman–Crippen LogP) is 1.59. The van der Waals surface area contributed by atoms with Gasteiger partial charge in [0.1, 0.15) is 0 Å². The first-order valence-corrected chi connectivity index (χ1v) is 7.56. The van der Waals surface area contributed by atoms with Crippen molar-refractivity contribution in [2.75, 3.05) is 0 Å². The van der Waals surface area contributed by atoms with E-state index in [0.717, 1.165) is 12.8 Å². The van der Waals surface area contributed by atoms with Crippen LogP contribution in [0.25, 0.3) is 0 Å². The van der Waals surface area contributed by atoms with Gasteiger partial charge in [0.05, 0.1) is 0 Å². The molecule has 1 saturated carbocycles. The van der Waals surface area contributed by atoms with E-state index in [2.05, 4.69) is 0 Å². The average molecular weight is 292 g/mol. The van der Waals surface area contributed by atoms with Crippen molar-refractivity contribution in [1.29, 1.82) is 0 Å². The van der Waals surface area contributed by atoms with Crippen molar-refractivity contribution in [2.45, 2.75) is 37.8 Å². The molecule has 4 N–H and O–H groups in total. The van der Waals surface area contributed by atoms with Crippen LogP contribution in [0.2, 0.25) is 0 Å². The second-order valence-electron chi connectivity index (χ2n) is 2.66. The third kappa shape index (κ3) is 6.33. The fourth-order valence-electron chi connectivity index (χ4n) is 1.19. The van der Waals surface area contributed by atoms with E-state index in [4.69, 9.17) is 30.5 Å². The van der Waals surface area contributed by atoms with Gasteiger partial charge in [-0.3, -0.25) is 0 Å². The van der Waals surface area contributed by atoms with Crippen molar-refractivity contribution in [2.24, 2.45) is 11.5 Å². The van der Waals surface area contributed by atoms with Gasteiger partial charge in [-0.1, -0.05) is 12.8 Å². The Morgan fingerprint density at radius 2 is 1.27 bits per heavy atom. The molecule has 1 aliphatic rings. The number of hydrogen-bond acceptors (Lipinski definition) is 2. The first-order valence-electron chi connectivity index (χ1n) is 3.56. The number of rotatable bonds is 0. The van der Waals surface area contributed by atoms with Crippen molar-refractivity contribution in [3.05, 3.63) is 0 Å². The minimum atomic E-state index is -0.106. The van der Waals surface area contributed by atoms with Crippen LogP contribution in [0.3, 0.4) is 0 Å². The topological polar surface area (TPSA) is 52.0 Å². The van der Waals surface area contributed by atoms with Gasteiger partial charge in [-0.05, 0) is 12.8 Å². The molecule has 2 unspecified atom stereocenters. The van der Waals surface area contributed by atoms with Crippen LogP contribution in [0.1, 0.15) is 25.7 Å². The zero-order chi connectivity index (χ0) is 8.69. The molecule has 11 heavy (non-hydrogen) atoms. The summed E-state index contributed by atoms with van der Waals surface area (Å²) in [6, 6.07) is 0.562. The predicted molar refractivity (Wildman–Crippen MR) is 46.1 cm³/mol. The third-order valence-electron chi connectivity index (χ3n) is 1.87. The molecule has 1 rings (SSSR count). The summed E-state index contributed by atoms with van der Waals surface area (Å²) >= 11 is -0.106. The van der Waals surface area contributed by atoms with Crippen LogP contribution in [0.5, 0.6) is 0 Å². The molecule has 0 spiro atoms. The first-order chi connectivity index (χ1) is 5.22. The van der Waals surface area contributed by atoms with Gasteiger partial charge in [0.15, 0.2) is 0 Å².